The number of hydrogen-bond acceptors (Lipinski definition) is 6. The van der Waals surface area contributed by atoms with Gasteiger partial charge >= 0.3 is 0 Å². The van der Waals surface area contributed by atoms with Crippen LogP contribution in [-0.2, 0) is 9.53 Å². The molecule has 0 N–H and O–H groups in total. The minimum Gasteiger partial charge on any atom is -0.363 e. The van der Waals surface area contributed by atoms with Gasteiger partial charge in [0.1, 0.15) is 6.61 Å². The highest BCUT2D eigenvalue weighted by atomic mass is 16.5. The fraction of sp³-hybridized carbons (Fsp3) is 0.429. The quantitative estimate of drug-likeness (QED) is 0.785. The van der Waals surface area contributed by atoms with E-state index in [0.717, 1.165) is 5.69 Å². The number of carbonyl (C=O) groups excluding carboxylic acids is 2. The summed E-state index contributed by atoms with van der Waals surface area (Å²) < 4.78 is 5.99. The number of ether oxygens (including phenoxy) is 1. The molecule has 2 aliphatic heterocycles. The van der Waals surface area contributed by atoms with Crippen molar-refractivity contribution in [1.82, 2.24) is 14.9 Å². The van der Waals surface area contributed by atoms with Gasteiger partial charge in [-0.3, -0.25) is 9.59 Å². The molecule has 1 aromatic carbocycles. The van der Waals surface area contributed by atoms with Crippen LogP contribution in [0.15, 0.2) is 42.7 Å². The van der Waals surface area contributed by atoms with Crippen LogP contribution in [0.5, 0.6) is 0 Å². The number of carbonyl (C=O) groups is 2. The van der Waals surface area contributed by atoms with Gasteiger partial charge in [0, 0.05) is 45.3 Å². The standard InChI is InChI=1S/C21H25N5O3/c1-24(2)20-22-12-16(13-23-20)19(28)25-10-8-21(9-11-25)15-26(18(27)14-29-21)17-6-4-3-5-7-17/h3-7,12-13H,8-11,14-15H2,1-2H3. The smallest absolute Gasteiger partial charge is 0.256 e. The number of anilines is 2. The van der Waals surface area contributed by atoms with E-state index in [1.165, 1.54) is 0 Å². The van der Waals surface area contributed by atoms with Gasteiger partial charge in [-0.15, -0.1) is 0 Å². The molecule has 2 saturated heterocycles. The number of hydrogen-bond donors (Lipinski definition) is 0. The fourth-order valence-corrected chi connectivity index (χ4v) is 3.82. The van der Waals surface area contributed by atoms with Crippen LogP contribution in [0.25, 0.3) is 0 Å². The van der Waals surface area contributed by atoms with Gasteiger partial charge in [-0.2, -0.15) is 0 Å². The molecule has 0 radical (unpaired) electrons. The van der Waals surface area contributed by atoms with Crippen molar-refractivity contribution in [2.24, 2.45) is 0 Å². The van der Waals surface area contributed by atoms with Crippen LogP contribution in [-0.4, -0.2) is 72.6 Å². The highest BCUT2D eigenvalue weighted by Gasteiger charge is 2.43. The van der Waals surface area contributed by atoms with Gasteiger partial charge in [0.2, 0.25) is 5.95 Å². The number of piperidine rings is 1. The van der Waals surface area contributed by atoms with E-state index in [4.69, 9.17) is 4.74 Å². The molecule has 4 rings (SSSR count). The second kappa shape index (κ2) is 7.79. The highest BCUT2D eigenvalue weighted by molar-refractivity contribution is 5.95. The minimum absolute atomic E-state index is 0.0292. The Bertz CT molecular complexity index is 877. The minimum atomic E-state index is -0.411. The van der Waals surface area contributed by atoms with Crippen LogP contribution in [0.1, 0.15) is 23.2 Å². The van der Waals surface area contributed by atoms with Crippen LogP contribution < -0.4 is 9.80 Å². The predicted octanol–water partition coefficient (Wildman–Crippen LogP) is 1.58. The molecular weight excluding hydrogens is 370 g/mol. The zero-order valence-corrected chi connectivity index (χ0v) is 16.7. The molecule has 1 spiro atoms. The van der Waals surface area contributed by atoms with Crippen molar-refractivity contribution in [2.75, 3.05) is 50.1 Å². The van der Waals surface area contributed by atoms with E-state index in [9.17, 15) is 9.59 Å². The van der Waals surface area contributed by atoms with E-state index in [0.29, 0.717) is 44.0 Å². The molecule has 152 valence electrons. The summed E-state index contributed by atoms with van der Waals surface area (Å²) >= 11 is 0. The van der Waals surface area contributed by atoms with Gasteiger partial charge in [-0.1, -0.05) is 18.2 Å². The monoisotopic (exact) mass is 395 g/mol. The average molecular weight is 395 g/mol. The van der Waals surface area contributed by atoms with Crippen LogP contribution in [0.2, 0.25) is 0 Å². The lowest BCUT2D eigenvalue weighted by atomic mass is 9.88. The van der Waals surface area contributed by atoms with Crippen molar-refractivity contribution in [3.63, 3.8) is 0 Å². The Labute approximate surface area is 170 Å². The van der Waals surface area contributed by atoms with E-state index in [1.54, 1.807) is 22.2 Å². The molecule has 8 nitrogen and oxygen atoms in total. The summed E-state index contributed by atoms with van der Waals surface area (Å²) in [5.41, 5.74) is 0.959. The molecule has 3 heterocycles. The van der Waals surface area contributed by atoms with Gasteiger partial charge in [0.25, 0.3) is 11.8 Å². The van der Waals surface area contributed by atoms with Gasteiger partial charge in [0.05, 0.1) is 17.7 Å². The summed E-state index contributed by atoms with van der Waals surface area (Å²) in [4.78, 5) is 39.0. The third kappa shape index (κ3) is 3.93. The Morgan fingerprint density at radius 3 is 2.38 bits per heavy atom. The van der Waals surface area contributed by atoms with Gasteiger partial charge < -0.3 is 19.4 Å². The number of likely N-dealkylation sites (tertiary alicyclic amines) is 1. The highest BCUT2D eigenvalue weighted by Crippen LogP contribution is 2.33. The summed E-state index contributed by atoms with van der Waals surface area (Å²) in [6.07, 6.45) is 4.52. The topological polar surface area (TPSA) is 78.9 Å². The van der Waals surface area contributed by atoms with E-state index in [1.807, 2.05) is 49.3 Å². The number of rotatable bonds is 3. The molecule has 0 aliphatic carbocycles. The summed E-state index contributed by atoms with van der Waals surface area (Å²) in [7, 11) is 3.71. The zero-order valence-electron chi connectivity index (χ0n) is 16.7. The summed E-state index contributed by atoms with van der Waals surface area (Å²) in [5, 5.41) is 0. The van der Waals surface area contributed by atoms with Crippen molar-refractivity contribution < 1.29 is 14.3 Å². The van der Waals surface area contributed by atoms with E-state index >= 15 is 0 Å². The number of para-hydroxylation sites is 1. The van der Waals surface area contributed by atoms with Crippen LogP contribution in [0.3, 0.4) is 0 Å². The first-order valence-corrected chi connectivity index (χ1v) is 9.75. The maximum Gasteiger partial charge on any atom is 0.256 e. The predicted molar refractivity (Wildman–Crippen MR) is 109 cm³/mol. The van der Waals surface area contributed by atoms with E-state index in [-0.39, 0.29) is 18.4 Å². The van der Waals surface area contributed by atoms with E-state index < -0.39 is 5.60 Å². The third-order valence-electron chi connectivity index (χ3n) is 5.56. The van der Waals surface area contributed by atoms with Crippen molar-refractivity contribution in [3.8, 4) is 0 Å². The average Bonchev–Trinajstić information content (AvgIpc) is 2.76. The van der Waals surface area contributed by atoms with Crippen molar-refractivity contribution in [3.05, 3.63) is 48.3 Å². The maximum absolute atomic E-state index is 12.8. The molecular formula is C21H25N5O3. The number of aromatic nitrogens is 2. The van der Waals surface area contributed by atoms with Gasteiger partial charge in [-0.05, 0) is 25.0 Å². The number of morpholine rings is 1. The Hall–Kier alpha value is -3.00. The van der Waals surface area contributed by atoms with Crippen molar-refractivity contribution in [1.29, 1.82) is 0 Å². The van der Waals surface area contributed by atoms with Crippen LogP contribution >= 0.6 is 0 Å². The lowest BCUT2D eigenvalue weighted by Gasteiger charge is -2.47. The molecule has 0 saturated carbocycles. The normalized spacial score (nSPS) is 18.8. The summed E-state index contributed by atoms with van der Waals surface area (Å²) in [5.74, 6) is 0.468. The van der Waals surface area contributed by atoms with Crippen molar-refractivity contribution in [2.45, 2.75) is 18.4 Å². The first-order valence-electron chi connectivity index (χ1n) is 9.75. The molecule has 2 fully saturated rings. The number of benzene rings is 1. The van der Waals surface area contributed by atoms with Gasteiger partial charge in [0.15, 0.2) is 0 Å². The lowest BCUT2D eigenvalue weighted by molar-refractivity contribution is -0.143. The van der Waals surface area contributed by atoms with Crippen LogP contribution in [0, 0.1) is 0 Å². The Kier molecular flexibility index (Phi) is 5.19. The van der Waals surface area contributed by atoms with Gasteiger partial charge in [-0.25, -0.2) is 9.97 Å². The molecule has 0 bridgehead atoms. The largest absolute Gasteiger partial charge is 0.363 e. The molecule has 0 unspecified atom stereocenters. The molecule has 1 aromatic heterocycles. The molecule has 2 aromatic rings. The Morgan fingerprint density at radius 2 is 1.76 bits per heavy atom. The fourth-order valence-electron chi connectivity index (χ4n) is 3.82. The maximum atomic E-state index is 12.8. The molecule has 2 aliphatic rings. The number of amides is 2. The zero-order chi connectivity index (χ0) is 20.4. The second-order valence-corrected chi connectivity index (χ2v) is 7.75. The molecule has 0 atom stereocenters. The Balaban J connectivity index is 1.42. The first kappa shape index (κ1) is 19.3. The number of nitrogens with zero attached hydrogens (tertiary/aromatic N) is 5. The molecule has 29 heavy (non-hydrogen) atoms. The third-order valence-corrected chi connectivity index (χ3v) is 5.56. The van der Waals surface area contributed by atoms with E-state index in [2.05, 4.69) is 9.97 Å². The molecule has 2 amide bonds. The Morgan fingerprint density at radius 1 is 1.10 bits per heavy atom. The first-order chi connectivity index (χ1) is 14.0. The molecule has 8 heteroatoms. The van der Waals surface area contributed by atoms with Crippen molar-refractivity contribution >= 4 is 23.5 Å². The lowest BCUT2D eigenvalue weighted by Crippen LogP contribution is -2.59. The summed E-state index contributed by atoms with van der Waals surface area (Å²) in [6.45, 7) is 1.73. The summed E-state index contributed by atoms with van der Waals surface area (Å²) in [6, 6.07) is 9.66. The van der Waals surface area contributed by atoms with Crippen LogP contribution in [0.4, 0.5) is 11.6 Å². The second-order valence-electron chi connectivity index (χ2n) is 7.75. The SMILES string of the molecule is CN(C)c1ncc(C(=O)N2CCC3(CC2)CN(c2ccccc2)C(=O)CO3)cn1.